The van der Waals surface area contributed by atoms with Gasteiger partial charge in [-0.1, -0.05) is 0 Å². The number of hydrogen-bond donors (Lipinski definition) is 1. The van der Waals surface area contributed by atoms with Crippen LogP contribution in [0, 0.1) is 6.92 Å². The number of phenols is 1. The lowest BCUT2D eigenvalue weighted by molar-refractivity contribution is 0.0720. The summed E-state index contributed by atoms with van der Waals surface area (Å²) < 4.78 is 20.7. The fraction of sp³-hybridized carbons (Fsp3) is 0.412. The molecule has 1 aromatic heterocycles. The summed E-state index contributed by atoms with van der Waals surface area (Å²) in [6.07, 6.45) is 1.07. The van der Waals surface area contributed by atoms with Gasteiger partial charge in [-0.15, -0.1) is 0 Å². The minimum atomic E-state index is -0.525. The van der Waals surface area contributed by atoms with Gasteiger partial charge in [0.1, 0.15) is 0 Å². The zero-order valence-electron chi connectivity index (χ0n) is 13.9. The Morgan fingerprint density at radius 1 is 1.29 bits per heavy atom. The second-order valence-electron chi connectivity index (χ2n) is 5.20. The van der Waals surface area contributed by atoms with Crippen LogP contribution in [0.3, 0.4) is 0 Å². The Kier molecular flexibility index (Phi) is 5.94. The molecule has 2 aromatic rings. The molecular weight excluding hydrogens is 316 g/mol. The van der Waals surface area contributed by atoms with Crippen LogP contribution in [-0.4, -0.2) is 50.2 Å². The van der Waals surface area contributed by atoms with Crippen molar-refractivity contribution in [2.24, 2.45) is 0 Å². The number of methoxy groups -OCH3 is 2. The smallest absolute Gasteiger partial charge is 0.339 e. The molecule has 0 fully saturated rings. The van der Waals surface area contributed by atoms with E-state index in [1.807, 2.05) is 0 Å². The summed E-state index contributed by atoms with van der Waals surface area (Å²) >= 11 is 0. The third-order valence-electron chi connectivity index (χ3n) is 3.83. The Balaban J connectivity index is 2.47. The lowest BCUT2D eigenvalue weighted by Crippen LogP contribution is -2.14. The van der Waals surface area contributed by atoms with Crippen LogP contribution in [0.15, 0.2) is 15.3 Å². The van der Waals surface area contributed by atoms with Crippen LogP contribution in [-0.2, 0) is 15.9 Å². The zero-order valence-corrected chi connectivity index (χ0v) is 13.9. The predicted octanol–water partition coefficient (Wildman–Crippen LogP) is 1.54. The van der Waals surface area contributed by atoms with E-state index in [2.05, 4.69) is 0 Å². The van der Waals surface area contributed by atoms with Crippen LogP contribution >= 0.6 is 0 Å². The van der Waals surface area contributed by atoms with E-state index in [4.69, 9.17) is 18.6 Å². The Bertz CT molecular complexity index is 792. The molecule has 0 atom stereocenters. The molecular formula is C17H21O7+. The number of carbonyl (C=O) groups excluding carboxylic acids is 1. The molecule has 0 aliphatic carbocycles. The number of rotatable bonds is 8. The summed E-state index contributed by atoms with van der Waals surface area (Å²) in [4.78, 5) is 21.6. The molecule has 0 aliphatic heterocycles. The highest BCUT2D eigenvalue weighted by atomic mass is 16.5. The average molecular weight is 337 g/mol. The molecule has 0 amide bonds. The highest BCUT2D eigenvalue weighted by molar-refractivity contribution is 6.00. The Morgan fingerprint density at radius 2 is 2.04 bits per heavy atom. The normalized spacial score (nSPS) is 11.0. The molecule has 1 aromatic carbocycles. The van der Waals surface area contributed by atoms with Crippen molar-refractivity contribution in [1.82, 2.24) is 0 Å². The highest BCUT2D eigenvalue weighted by Crippen LogP contribution is 2.36. The van der Waals surface area contributed by atoms with Gasteiger partial charge in [-0.05, 0) is 18.6 Å². The third kappa shape index (κ3) is 3.42. The Labute approximate surface area is 138 Å². The second-order valence-corrected chi connectivity index (χ2v) is 5.20. The van der Waals surface area contributed by atoms with E-state index in [9.17, 15) is 14.7 Å². The molecule has 0 bridgehead atoms. The molecule has 0 unspecified atom stereocenters. The number of fused-ring (bicyclic) bond motifs is 1. The third-order valence-corrected chi connectivity index (χ3v) is 3.83. The average Bonchev–Trinajstić information content (AvgIpc) is 2.57. The number of aldehydes is 1. The van der Waals surface area contributed by atoms with Gasteiger partial charge in [-0.2, -0.15) is 0 Å². The van der Waals surface area contributed by atoms with Gasteiger partial charge in [-0.25, -0.2) is 4.79 Å². The molecule has 0 saturated heterocycles. The minimum absolute atomic E-state index is 0.00689. The zero-order chi connectivity index (χ0) is 17.7. The van der Waals surface area contributed by atoms with Crippen LogP contribution in [0.5, 0.6) is 11.5 Å². The van der Waals surface area contributed by atoms with Crippen molar-refractivity contribution >= 4 is 17.3 Å². The first-order valence-corrected chi connectivity index (χ1v) is 7.45. The summed E-state index contributed by atoms with van der Waals surface area (Å²) in [6, 6.07) is 1.57. The van der Waals surface area contributed by atoms with E-state index in [-0.39, 0.29) is 22.6 Å². The maximum atomic E-state index is 12.3. The molecule has 0 radical (unpaired) electrons. The molecule has 0 saturated carbocycles. The standard InChI is InChI=1S/C17H20O7/c1-10-11(4-5-23-7-6-21-2)17(20)24-16-12(10)8-14(22-3)15(19)13(16)9-18/h8-9,19H,4-7H2,1-3H3/p+1. The first-order chi connectivity index (χ1) is 11.5. The van der Waals surface area contributed by atoms with E-state index < -0.39 is 5.63 Å². The van der Waals surface area contributed by atoms with Gasteiger partial charge in [-0.3, -0.25) is 4.79 Å². The van der Waals surface area contributed by atoms with Gasteiger partial charge < -0.3 is 23.7 Å². The number of benzene rings is 1. The molecule has 24 heavy (non-hydrogen) atoms. The van der Waals surface area contributed by atoms with Crippen LogP contribution in [0.1, 0.15) is 16.7 Å². The monoisotopic (exact) mass is 337 g/mol. The van der Waals surface area contributed by atoms with Gasteiger partial charge >= 0.3 is 11.9 Å². The molecule has 130 valence electrons. The van der Waals surface area contributed by atoms with Gasteiger partial charge in [0.2, 0.25) is 0 Å². The largest absolute Gasteiger partial charge is 0.504 e. The Morgan fingerprint density at radius 3 is 2.67 bits per heavy atom. The SMILES string of the molecule is COCCOCCc1c(C)c2cc(OC)c(O)c(C=[OH+])c2oc1=O. The van der Waals surface area contributed by atoms with Crippen LogP contribution < -0.4 is 10.4 Å². The van der Waals surface area contributed by atoms with Gasteiger partial charge in [0.25, 0.3) is 0 Å². The molecule has 2 rings (SSSR count). The number of hydrogen-bond acceptors (Lipinski definition) is 6. The van der Waals surface area contributed by atoms with Crippen molar-refractivity contribution in [3.05, 3.63) is 33.2 Å². The molecule has 2 N–H and O–H groups in total. The van der Waals surface area contributed by atoms with Crippen molar-refractivity contribution in [3.8, 4) is 11.5 Å². The maximum Gasteiger partial charge on any atom is 0.339 e. The van der Waals surface area contributed by atoms with Gasteiger partial charge in [0.15, 0.2) is 22.6 Å². The van der Waals surface area contributed by atoms with Crippen molar-refractivity contribution in [2.75, 3.05) is 34.0 Å². The van der Waals surface area contributed by atoms with Crippen LogP contribution in [0.4, 0.5) is 0 Å². The predicted molar refractivity (Wildman–Crippen MR) is 88.9 cm³/mol. The van der Waals surface area contributed by atoms with E-state index in [1.165, 1.54) is 7.11 Å². The summed E-state index contributed by atoms with van der Waals surface area (Å²) in [5.41, 5.74) is 0.771. The van der Waals surface area contributed by atoms with Gasteiger partial charge in [0, 0.05) is 24.5 Å². The first kappa shape index (κ1) is 18.0. The summed E-state index contributed by atoms with van der Waals surface area (Å²) in [5.74, 6) is -0.104. The topological polar surface area (TPSA) is 99.5 Å². The fourth-order valence-electron chi connectivity index (χ4n) is 2.49. The number of aromatic hydroxyl groups is 1. The fourth-order valence-corrected chi connectivity index (χ4v) is 2.49. The van der Waals surface area contributed by atoms with Crippen molar-refractivity contribution < 1.29 is 28.5 Å². The van der Waals surface area contributed by atoms with Crippen molar-refractivity contribution in [3.63, 3.8) is 0 Å². The molecule has 7 heteroatoms. The Hall–Kier alpha value is -2.38. The van der Waals surface area contributed by atoms with E-state index in [1.54, 1.807) is 20.1 Å². The van der Waals surface area contributed by atoms with Crippen LogP contribution in [0.25, 0.3) is 11.0 Å². The minimum Gasteiger partial charge on any atom is -0.504 e. The summed E-state index contributed by atoms with van der Waals surface area (Å²) in [6.45, 7) is 3.06. The van der Waals surface area contributed by atoms with E-state index in [0.29, 0.717) is 49.0 Å². The molecule has 1 heterocycles. The maximum absolute atomic E-state index is 12.3. The lowest BCUT2D eigenvalue weighted by atomic mass is 10.0. The molecule has 0 spiro atoms. The van der Waals surface area contributed by atoms with Gasteiger partial charge in [0.05, 0.1) is 26.9 Å². The molecule has 0 aliphatic rings. The summed E-state index contributed by atoms with van der Waals surface area (Å²) in [7, 11) is 2.99. The highest BCUT2D eigenvalue weighted by Gasteiger charge is 2.21. The van der Waals surface area contributed by atoms with E-state index >= 15 is 0 Å². The van der Waals surface area contributed by atoms with E-state index in [0.717, 1.165) is 0 Å². The number of aryl methyl sites for hydroxylation is 1. The first-order valence-electron chi connectivity index (χ1n) is 7.45. The lowest BCUT2D eigenvalue weighted by Gasteiger charge is -2.11. The molecule has 7 nitrogen and oxygen atoms in total. The van der Waals surface area contributed by atoms with Crippen molar-refractivity contribution in [1.29, 1.82) is 0 Å². The van der Waals surface area contributed by atoms with Crippen LogP contribution in [0.2, 0.25) is 0 Å². The second kappa shape index (κ2) is 7.94. The number of ether oxygens (including phenoxy) is 3. The van der Waals surface area contributed by atoms with Crippen molar-refractivity contribution in [2.45, 2.75) is 13.3 Å². The quantitative estimate of drug-likeness (QED) is 0.339. The summed E-state index contributed by atoms with van der Waals surface area (Å²) in [5, 5.41) is 10.6. The number of phenolic OH excluding ortho intramolecular Hbond substituents is 1.